The Kier molecular flexibility index (Phi) is 4.06. The monoisotopic (exact) mass is 143 g/mol. The maximum atomic E-state index is 9.93. The Balaban J connectivity index is 0.000000371. The summed E-state index contributed by atoms with van der Waals surface area (Å²) in [5, 5.41) is 6.65. The third kappa shape index (κ3) is 1.94. The predicted octanol–water partition coefficient (Wildman–Crippen LogP) is -0.235. The van der Waals surface area contributed by atoms with Crippen LogP contribution in [0.15, 0.2) is 4.63 Å². The van der Waals surface area contributed by atoms with Crippen LogP contribution in [0.2, 0.25) is 0 Å². The summed E-state index contributed by atoms with van der Waals surface area (Å²) in [6.07, 6.45) is 0.603. The maximum Gasteiger partial charge on any atom is 0.173 e. The first kappa shape index (κ1) is 8.77. The van der Waals surface area contributed by atoms with Gasteiger partial charge in [-0.25, -0.2) is 4.63 Å². The minimum atomic E-state index is 0.269. The van der Waals surface area contributed by atoms with E-state index in [1.54, 1.807) is 6.92 Å². The van der Waals surface area contributed by atoms with Crippen LogP contribution in [-0.2, 0) is 0 Å². The van der Waals surface area contributed by atoms with Gasteiger partial charge in [0.05, 0.1) is 0 Å². The number of hydrogen-bond acceptors (Lipinski definition) is 5. The number of hydrogen-bond donors (Lipinski definition) is 1. The molecule has 56 valence electrons. The van der Waals surface area contributed by atoms with E-state index in [1.807, 2.05) is 0 Å². The van der Waals surface area contributed by atoms with E-state index in [-0.39, 0.29) is 5.69 Å². The molecule has 0 fully saturated rings. The van der Waals surface area contributed by atoms with E-state index in [0.717, 1.165) is 0 Å². The second kappa shape index (κ2) is 4.63. The molecular formula is C5H9N3O2. The van der Waals surface area contributed by atoms with Crippen molar-refractivity contribution in [2.45, 2.75) is 6.92 Å². The molecule has 0 atom stereocenters. The third-order valence-electron chi connectivity index (χ3n) is 0.799. The van der Waals surface area contributed by atoms with E-state index in [4.69, 9.17) is 0 Å². The van der Waals surface area contributed by atoms with Crippen LogP contribution >= 0.6 is 0 Å². The molecule has 10 heavy (non-hydrogen) atoms. The molecule has 0 aliphatic heterocycles. The van der Waals surface area contributed by atoms with E-state index in [2.05, 4.69) is 20.7 Å². The minimum absolute atomic E-state index is 0.269. The molecule has 0 spiro atoms. The molecule has 1 aromatic rings. The first-order chi connectivity index (χ1) is 4.84. The number of nitrogens with two attached hydrogens (primary N) is 1. The number of aryl methyl sites for hydroxylation is 1. The van der Waals surface area contributed by atoms with Crippen LogP contribution < -0.4 is 5.73 Å². The standard InChI is InChI=1S/C4H4N2O2.CH5N/c1-3-4(2-7)6-8-5-3;1-2/h2H,1H3;2H2,1H3. The maximum absolute atomic E-state index is 9.93. The second-order valence-corrected chi connectivity index (χ2v) is 1.35. The van der Waals surface area contributed by atoms with Crippen molar-refractivity contribution in [3.05, 3.63) is 11.4 Å². The van der Waals surface area contributed by atoms with Gasteiger partial charge in [0, 0.05) is 0 Å². The van der Waals surface area contributed by atoms with Crippen LogP contribution in [0.4, 0.5) is 0 Å². The van der Waals surface area contributed by atoms with Crippen molar-refractivity contribution in [2.75, 3.05) is 7.05 Å². The molecule has 0 saturated heterocycles. The Morgan fingerprint density at radius 2 is 2.10 bits per heavy atom. The summed E-state index contributed by atoms with van der Waals surface area (Å²) < 4.78 is 4.20. The van der Waals surface area contributed by atoms with E-state index in [0.29, 0.717) is 12.0 Å². The van der Waals surface area contributed by atoms with Crippen molar-refractivity contribution in [3.63, 3.8) is 0 Å². The lowest BCUT2D eigenvalue weighted by Crippen LogP contribution is -1.80. The zero-order valence-corrected chi connectivity index (χ0v) is 5.87. The molecule has 5 nitrogen and oxygen atoms in total. The van der Waals surface area contributed by atoms with E-state index in [1.165, 1.54) is 7.05 Å². The molecule has 1 rings (SSSR count). The lowest BCUT2D eigenvalue weighted by molar-refractivity contribution is 0.111. The highest BCUT2D eigenvalue weighted by atomic mass is 16.6. The summed E-state index contributed by atoms with van der Waals surface area (Å²) in [7, 11) is 1.50. The van der Waals surface area contributed by atoms with Crippen LogP contribution in [0.5, 0.6) is 0 Å². The van der Waals surface area contributed by atoms with Gasteiger partial charge in [0.2, 0.25) is 0 Å². The summed E-state index contributed by atoms with van der Waals surface area (Å²) in [6.45, 7) is 1.65. The summed E-state index contributed by atoms with van der Waals surface area (Å²) >= 11 is 0. The second-order valence-electron chi connectivity index (χ2n) is 1.35. The molecular weight excluding hydrogens is 134 g/mol. The van der Waals surface area contributed by atoms with Gasteiger partial charge in [-0.1, -0.05) is 5.16 Å². The van der Waals surface area contributed by atoms with E-state index in [9.17, 15) is 4.79 Å². The van der Waals surface area contributed by atoms with Crippen LogP contribution in [0, 0.1) is 6.92 Å². The van der Waals surface area contributed by atoms with Crippen molar-refractivity contribution < 1.29 is 9.42 Å². The first-order valence-electron chi connectivity index (χ1n) is 2.66. The summed E-state index contributed by atoms with van der Waals surface area (Å²) in [5.41, 5.74) is 5.30. The highest BCUT2D eigenvalue weighted by molar-refractivity contribution is 5.72. The van der Waals surface area contributed by atoms with Crippen LogP contribution in [0.25, 0.3) is 0 Å². The quantitative estimate of drug-likeness (QED) is 0.549. The van der Waals surface area contributed by atoms with Gasteiger partial charge in [-0.2, -0.15) is 0 Å². The summed E-state index contributed by atoms with van der Waals surface area (Å²) in [4.78, 5) is 9.93. The molecule has 0 unspecified atom stereocenters. The highest BCUT2D eigenvalue weighted by Crippen LogP contribution is 1.93. The Morgan fingerprint density at radius 3 is 2.30 bits per heavy atom. The number of aldehydes is 1. The van der Waals surface area contributed by atoms with Crippen LogP contribution in [0.1, 0.15) is 16.2 Å². The Labute approximate surface area is 58.2 Å². The number of carbonyl (C=O) groups is 1. The Bertz CT molecular complexity index is 197. The van der Waals surface area contributed by atoms with Gasteiger partial charge in [0.15, 0.2) is 12.0 Å². The van der Waals surface area contributed by atoms with Crippen molar-refractivity contribution in [1.29, 1.82) is 0 Å². The van der Waals surface area contributed by atoms with Crippen molar-refractivity contribution in [2.24, 2.45) is 5.73 Å². The molecule has 2 N–H and O–H groups in total. The van der Waals surface area contributed by atoms with Crippen LogP contribution in [0.3, 0.4) is 0 Å². The fourth-order valence-corrected chi connectivity index (χ4v) is 0.345. The molecule has 0 aliphatic carbocycles. The zero-order valence-electron chi connectivity index (χ0n) is 5.87. The molecule has 0 bridgehead atoms. The number of carbonyl (C=O) groups excluding carboxylic acids is 1. The van der Waals surface area contributed by atoms with Gasteiger partial charge >= 0.3 is 0 Å². The van der Waals surface area contributed by atoms with Gasteiger partial charge in [0.1, 0.15) is 5.69 Å². The molecule has 5 heteroatoms. The fraction of sp³-hybridized carbons (Fsp3) is 0.400. The SMILES string of the molecule is CN.Cc1nonc1C=O. The molecule has 0 saturated carbocycles. The topological polar surface area (TPSA) is 82.0 Å². The number of rotatable bonds is 1. The smallest absolute Gasteiger partial charge is 0.173 e. The number of aromatic nitrogens is 2. The summed E-state index contributed by atoms with van der Waals surface area (Å²) in [5.74, 6) is 0. The van der Waals surface area contributed by atoms with Crippen molar-refractivity contribution in [3.8, 4) is 0 Å². The lowest BCUT2D eigenvalue weighted by atomic mass is 10.4. The molecule has 0 aliphatic rings. The van der Waals surface area contributed by atoms with Gasteiger partial charge in [-0.05, 0) is 19.1 Å². The first-order valence-corrected chi connectivity index (χ1v) is 2.66. The molecule has 1 heterocycles. The van der Waals surface area contributed by atoms with Crippen molar-refractivity contribution in [1.82, 2.24) is 10.3 Å². The predicted molar refractivity (Wildman–Crippen MR) is 34.5 cm³/mol. The Hall–Kier alpha value is -1.23. The van der Waals surface area contributed by atoms with Crippen molar-refractivity contribution >= 4 is 6.29 Å². The molecule has 1 aromatic heterocycles. The van der Waals surface area contributed by atoms with Crippen LogP contribution in [-0.4, -0.2) is 23.6 Å². The zero-order chi connectivity index (χ0) is 7.98. The fourth-order valence-electron chi connectivity index (χ4n) is 0.345. The highest BCUT2D eigenvalue weighted by Gasteiger charge is 1.99. The van der Waals surface area contributed by atoms with E-state index >= 15 is 0 Å². The van der Waals surface area contributed by atoms with Gasteiger partial charge in [-0.15, -0.1) is 0 Å². The minimum Gasteiger partial charge on any atom is -0.333 e. The van der Waals surface area contributed by atoms with E-state index < -0.39 is 0 Å². The molecule has 0 amide bonds. The lowest BCUT2D eigenvalue weighted by Gasteiger charge is -1.70. The summed E-state index contributed by atoms with van der Waals surface area (Å²) in [6, 6.07) is 0. The van der Waals surface area contributed by atoms with Gasteiger partial charge in [0.25, 0.3) is 0 Å². The normalized spacial score (nSPS) is 7.90. The average molecular weight is 143 g/mol. The third-order valence-corrected chi connectivity index (χ3v) is 0.799. The average Bonchev–Trinajstić information content (AvgIpc) is 2.39. The van der Waals surface area contributed by atoms with Gasteiger partial charge < -0.3 is 5.73 Å². The Morgan fingerprint density at radius 1 is 1.50 bits per heavy atom. The number of nitrogens with zero attached hydrogens (tertiary/aromatic N) is 2. The molecule has 0 radical (unpaired) electrons. The van der Waals surface area contributed by atoms with Gasteiger partial charge in [-0.3, -0.25) is 4.79 Å². The largest absolute Gasteiger partial charge is 0.333 e. The molecule has 0 aromatic carbocycles.